The summed E-state index contributed by atoms with van der Waals surface area (Å²) in [6.45, 7) is 10.9. The Morgan fingerprint density at radius 2 is 1.17 bits per heavy atom. The van der Waals surface area contributed by atoms with Crippen molar-refractivity contribution in [1.82, 2.24) is 0 Å². The van der Waals surface area contributed by atoms with Gasteiger partial charge in [-0.3, -0.25) is 4.79 Å². The van der Waals surface area contributed by atoms with Gasteiger partial charge in [0.05, 0.1) is 32.5 Å². The first-order valence-electron chi connectivity index (χ1n) is 15.2. The summed E-state index contributed by atoms with van der Waals surface area (Å²) in [6.07, 6.45) is 37.0. The second-order valence-electron chi connectivity index (χ2n) is 10.1. The predicted molar refractivity (Wildman–Crippen MR) is 188 cm³/mol. The molecule has 0 radical (unpaired) electrons. The van der Waals surface area contributed by atoms with Crippen LogP contribution in [0.1, 0.15) is 24.0 Å². The first kappa shape index (κ1) is 37.1. The molecule has 0 saturated heterocycles. The van der Waals surface area contributed by atoms with E-state index in [0.29, 0.717) is 24.2 Å². The number of aliphatic hydroxyl groups excluding tert-OH is 1. The number of benzene rings is 1. The second-order valence-corrected chi connectivity index (χ2v) is 10.1. The first-order chi connectivity index (χ1) is 22.6. The van der Waals surface area contributed by atoms with Gasteiger partial charge in [0.1, 0.15) is 23.7 Å². The highest BCUT2D eigenvalue weighted by molar-refractivity contribution is 5.84. The van der Waals surface area contributed by atoms with Gasteiger partial charge >= 0.3 is 0 Å². The van der Waals surface area contributed by atoms with Crippen molar-refractivity contribution in [3.05, 3.63) is 177 Å². The van der Waals surface area contributed by atoms with Gasteiger partial charge in [-0.25, -0.2) is 0 Å². The molecular weight excluding hydrogens is 576 g/mol. The molecule has 0 amide bonds. The average Bonchev–Trinajstić information content (AvgIpc) is 3.07. The Labute approximate surface area is 274 Å². The molecule has 1 aromatic rings. The van der Waals surface area contributed by atoms with Gasteiger partial charge in [0, 0.05) is 17.9 Å². The van der Waals surface area contributed by atoms with Crippen molar-refractivity contribution in [1.29, 1.82) is 0 Å². The average molecular weight is 623 g/mol. The smallest absolute Gasteiger partial charge is 0.171 e. The highest BCUT2D eigenvalue weighted by Gasteiger charge is 2.43. The molecule has 2 rings (SSSR count). The normalized spacial score (nSPS) is 20.8. The van der Waals surface area contributed by atoms with E-state index in [1.165, 1.54) is 0 Å². The summed E-state index contributed by atoms with van der Waals surface area (Å²) in [5.74, 6) is 0.257. The van der Waals surface area contributed by atoms with Crippen molar-refractivity contribution in [2.24, 2.45) is 5.92 Å². The third-order valence-corrected chi connectivity index (χ3v) is 6.83. The number of carbonyl (C=O) groups excluding carboxylic acids is 1. The molecule has 0 bridgehead atoms. The van der Waals surface area contributed by atoms with Crippen LogP contribution >= 0.6 is 0 Å². The summed E-state index contributed by atoms with van der Waals surface area (Å²) in [6, 6.07) is 5.36. The fourth-order valence-corrected chi connectivity index (χ4v) is 4.65. The summed E-state index contributed by atoms with van der Waals surface area (Å²) < 4.78 is 24.1. The van der Waals surface area contributed by atoms with Gasteiger partial charge in [-0.1, -0.05) is 117 Å². The fraction of sp³-hybridized carbons (Fsp3) is 0.225. The third-order valence-electron chi connectivity index (χ3n) is 6.83. The molecule has 1 saturated carbocycles. The SMILES string of the molecule is C=C/C=C/C=C/C=C/OC1CC(C(=O)Cc2cc(CO)ccc2OC)CC(O/C=C/C=C/C=C/C=C)C1O/C=C/C=C/C=C/C=C. The van der Waals surface area contributed by atoms with Crippen molar-refractivity contribution in [2.45, 2.75) is 44.2 Å². The molecule has 6 heteroatoms. The topological polar surface area (TPSA) is 74.2 Å². The number of aliphatic hydroxyl groups is 1. The number of hydrogen-bond donors (Lipinski definition) is 1. The number of ether oxygens (including phenoxy) is 4. The van der Waals surface area contributed by atoms with E-state index in [2.05, 4.69) is 19.7 Å². The van der Waals surface area contributed by atoms with Crippen LogP contribution in [0.3, 0.4) is 0 Å². The van der Waals surface area contributed by atoms with Crippen LogP contribution in [0.4, 0.5) is 0 Å². The molecule has 2 unspecified atom stereocenters. The Kier molecular flexibility index (Phi) is 18.8. The Morgan fingerprint density at radius 3 is 1.63 bits per heavy atom. The molecule has 46 heavy (non-hydrogen) atoms. The number of allylic oxidation sites excluding steroid dienone is 18. The molecule has 2 atom stereocenters. The highest BCUT2D eigenvalue weighted by atomic mass is 16.6. The van der Waals surface area contributed by atoms with Crippen LogP contribution in [0.2, 0.25) is 0 Å². The molecule has 1 fully saturated rings. The Balaban J connectivity index is 2.37. The van der Waals surface area contributed by atoms with E-state index in [1.54, 1.807) is 74.5 Å². The summed E-state index contributed by atoms with van der Waals surface area (Å²) >= 11 is 0. The lowest BCUT2D eigenvalue weighted by molar-refractivity contribution is -0.138. The van der Waals surface area contributed by atoms with E-state index in [1.807, 2.05) is 79.0 Å². The largest absolute Gasteiger partial charge is 0.496 e. The van der Waals surface area contributed by atoms with Crippen LogP contribution in [-0.2, 0) is 32.0 Å². The molecular formula is C40H46O6. The van der Waals surface area contributed by atoms with Crippen LogP contribution in [0.25, 0.3) is 0 Å². The maximum absolute atomic E-state index is 13.8. The molecule has 0 aromatic heterocycles. The molecule has 0 spiro atoms. The van der Waals surface area contributed by atoms with Gasteiger partial charge in [-0.2, -0.15) is 0 Å². The van der Waals surface area contributed by atoms with E-state index in [9.17, 15) is 9.90 Å². The van der Waals surface area contributed by atoms with Crippen molar-refractivity contribution in [2.75, 3.05) is 7.11 Å². The fourth-order valence-electron chi connectivity index (χ4n) is 4.65. The maximum atomic E-state index is 13.8. The number of methoxy groups -OCH3 is 1. The summed E-state index contributed by atoms with van der Waals surface area (Å²) in [5.41, 5.74) is 1.44. The van der Waals surface area contributed by atoms with E-state index in [-0.39, 0.29) is 24.7 Å². The van der Waals surface area contributed by atoms with Crippen LogP contribution in [-0.4, -0.2) is 36.3 Å². The number of hydrogen-bond acceptors (Lipinski definition) is 6. The Bertz CT molecular complexity index is 1320. The number of Topliss-reactive ketones (excluding diaryl/α,β-unsaturated/α-hetero) is 1. The number of rotatable bonds is 20. The van der Waals surface area contributed by atoms with Crippen LogP contribution in [0, 0.1) is 5.92 Å². The summed E-state index contributed by atoms with van der Waals surface area (Å²) in [7, 11) is 1.57. The molecule has 0 aliphatic heterocycles. The van der Waals surface area contributed by atoms with E-state index < -0.39 is 18.3 Å². The van der Waals surface area contributed by atoms with Crippen molar-refractivity contribution >= 4 is 5.78 Å². The standard InChI is InChI=1S/C40H46O6/c1-5-8-11-14-17-20-25-44-38-30-34(36(42)29-35-28-33(32-41)23-24-37(35)43-4)31-39(45-26-21-18-15-12-9-6-2)40(38)46-27-22-19-16-13-10-7-3/h5-28,34,38-41H,1-3,29-32H2,4H3/b11-8+,12-9+,13-10+,17-14+,18-15+,19-16+,25-20+,26-21+,27-22+. The monoisotopic (exact) mass is 622 g/mol. The Morgan fingerprint density at radius 1 is 0.717 bits per heavy atom. The lowest BCUT2D eigenvalue weighted by Crippen LogP contribution is -2.48. The van der Waals surface area contributed by atoms with Gasteiger partial charge < -0.3 is 24.1 Å². The van der Waals surface area contributed by atoms with Crippen molar-refractivity contribution in [3.63, 3.8) is 0 Å². The van der Waals surface area contributed by atoms with Crippen LogP contribution in [0.5, 0.6) is 5.75 Å². The first-order valence-corrected chi connectivity index (χ1v) is 15.2. The molecule has 1 N–H and O–H groups in total. The van der Waals surface area contributed by atoms with Gasteiger partial charge in [0.15, 0.2) is 6.10 Å². The molecule has 1 aliphatic carbocycles. The predicted octanol–water partition coefficient (Wildman–Crippen LogP) is 8.30. The Hall–Kier alpha value is -5.07. The molecule has 242 valence electrons. The molecule has 1 aromatic carbocycles. The second kappa shape index (κ2) is 23.3. The number of ketones is 1. The van der Waals surface area contributed by atoms with Crippen molar-refractivity contribution < 1.29 is 28.8 Å². The zero-order valence-corrected chi connectivity index (χ0v) is 26.6. The van der Waals surface area contributed by atoms with Crippen LogP contribution < -0.4 is 4.74 Å². The van der Waals surface area contributed by atoms with Gasteiger partial charge in [0.25, 0.3) is 0 Å². The van der Waals surface area contributed by atoms with Gasteiger partial charge in [0.2, 0.25) is 0 Å². The third kappa shape index (κ3) is 14.1. The molecule has 1 aliphatic rings. The minimum Gasteiger partial charge on any atom is -0.496 e. The highest BCUT2D eigenvalue weighted by Crippen LogP contribution is 2.34. The summed E-state index contributed by atoms with van der Waals surface area (Å²) in [5, 5.41) is 9.65. The zero-order valence-electron chi connectivity index (χ0n) is 26.6. The maximum Gasteiger partial charge on any atom is 0.171 e. The lowest BCUT2D eigenvalue weighted by atomic mass is 9.79. The minimum atomic E-state index is -0.506. The van der Waals surface area contributed by atoms with Gasteiger partial charge in [-0.05, 0) is 48.8 Å². The lowest BCUT2D eigenvalue weighted by Gasteiger charge is -2.39. The zero-order chi connectivity index (χ0) is 33.2. The van der Waals surface area contributed by atoms with E-state index in [0.717, 1.165) is 5.56 Å². The molecule has 0 heterocycles. The quantitative estimate of drug-likeness (QED) is 0.117. The van der Waals surface area contributed by atoms with Crippen LogP contribution in [0.15, 0.2) is 166 Å². The minimum absolute atomic E-state index is 0.0263. The van der Waals surface area contributed by atoms with E-state index >= 15 is 0 Å². The molecule has 6 nitrogen and oxygen atoms in total. The van der Waals surface area contributed by atoms with Gasteiger partial charge in [-0.15, -0.1) is 0 Å². The summed E-state index contributed by atoms with van der Waals surface area (Å²) in [4.78, 5) is 13.8. The van der Waals surface area contributed by atoms with E-state index in [4.69, 9.17) is 18.9 Å². The number of carbonyl (C=O) groups is 1. The van der Waals surface area contributed by atoms with Crippen molar-refractivity contribution in [3.8, 4) is 5.75 Å².